The van der Waals surface area contributed by atoms with Gasteiger partial charge in [-0.2, -0.15) is 13.2 Å². The summed E-state index contributed by atoms with van der Waals surface area (Å²) in [5, 5.41) is 0. The molecule has 0 bridgehead atoms. The van der Waals surface area contributed by atoms with Crippen LogP contribution in [-0.4, -0.2) is 30.3 Å². The summed E-state index contributed by atoms with van der Waals surface area (Å²) in [6, 6.07) is 8.89. The number of ether oxygens (including phenoxy) is 3. The highest BCUT2D eigenvalue weighted by molar-refractivity contribution is 5.69. The lowest BCUT2D eigenvalue weighted by molar-refractivity contribution is -0.143. The summed E-state index contributed by atoms with van der Waals surface area (Å²) in [7, 11) is 0. The first-order chi connectivity index (χ1) is 14.4. The van der Waals surface area contributed by atoms with E-state index >= 15 is 0 Å². The van der Waals surface area contributed by atoms with E-state index in [1.807, 2.05) is 0 Å². The fraction of sp³-hybridized carbons (Fsp3) is 0.455. The Bertz CT molecular complexity index is 866. The second-order valence-corrected chi connectivity index (χ2v) is 7.00. The van der Waals surface area contributed by atoms with Gasteiger partial charge in [0.2, 0.25) is 5.88 Å². The zero-order chi connectivity index (χ0) is 21.6. The largest absolute Gasteiger partial charge is 0.493 e. The Labute approximate surface area is 173 Å². The summed E-state index contributed by atoms with van der Waals surface area (Å²) >= 11 is 0. The number of esters is 1. The standard InChI is InChI=1S/C22H24F3NO4/c1-2-28-21(27)10-5-13-29-19-12-11-15(14-17(19)22(23,24)25)18-8-4-9-20(26-18)30-16-6-3-7-16/h4,8-9,11-12,14,16H,2-3,5-7,10,13H2,1H3. The van der Waals surface area contributed by atoms with Gasteiger partial charge >= 0.3 is 12.1 Å². The lowest BCUT2D eigenvalue weighted by Gasteiger charge is -2.25. The van der Waals surface area contributed by atoms with Crippen LogP contribution in [0.25, 0.3) is 11.3 Å². The number of halogens is 3. The van der Waals surface area contributed by atoms with E-state index in [9.17, 15) is 18.0 Å². The summed E-state index contributed by atoms with van der Waals surface area (Å²) in [6.07, 6.45) is -1.07. The third-order valence-corrected chi connectivity index (χ3v) is 4.73. The second kappa shape index (κ2) is 9.82. The molecule has 0 saturated heterocycles. The number of pyridine rings is 1. The van der Waals surface area contributed by atoms with E-state index in [1.165, 1.54) is 12.1 Å². The molecule has 0 unspecified atom stereocenters. The van der Waals surface area contributed by atoms with Crippen molar-refractivity contribution in [3.05, 3.63) is 42.0 Å². The van der Waals surface area contributed by atoms with Crippen molar-refractivity contribution in [1.29, 1.82) is 0 Å². The maximum absolute atomic E-state index is 13.6. The fourth-order valence-corrected chi connectivity index (χ4v) is 2.97. The molecule has 0 N–H and O–H groups in total. The molecular formula is C22H24F3NO4. The zero-order valence-corrected chi connectivity index (χ0v) is 16.7. The molecule has 1 aliphatic carbocycles. The Balaban J connectivity index is 1.72. The van der Waals surface area contributed by atoms with Gasteiger partial charge in [-0.3, -0.25) is 4.79 Å². The number of hydrogen-bond donors (Lipinski definition) is 0. The van der Waals surface area contributed by atoms with Crippen LogP contribution in [0.5, 0.6) is 11.6 Å². The molecule has 2 aromatic rings. The van der Waals surface area contributed by atoms with Crippen molar-refractivity contribution in [2.24, 2.45) is 0 Å². The topological polar surface area (TPSA) is 57.7 Å². The number of hydrogen-bond acceptors (Lipinski definition) is 5. The van der Waals surface area contributed by atoms with E-state index < -0.39 is 17.7 Å². The molecule has 1 fully saturated rings. The van der Waals surface area contributed by atoms with Gasteiger partial charge in [-0.15, -0.1) is 0 Å². The molecular weight excluding hydrogens is 399 g/mol. The molecule has 1 aliphatic rings. The number of carbonyl (C=O) groups excluding carboxylic acids is 1. The van der Waals surface area contributed by atoms with Gasteiger partial charge in [0.1, 0.15) is 11.9 Å². The van der Waals surface area contributed by atoms with Gasteiger partial charge < -0.3 is 14.2 Å². The molecule has 0 aliphatic heterocycles. The van der Waals surface area contributed by atoms with Gasteiger partial charge in [0.15, 0.2) is 0 Å². The maximum atomic E-state index is 13.6. The molecule has 0 atom stereocenters. The molecule has 0 radical (unpaired) electrons. The van der Waals surface area contributed by atoms with Crippen molar-refractivity contribution in [3.63, 3.8) is 0 Å². The van der Waals surface area contributed by atoms with Crippen LogP contribution < -0.4 is 9.47 Å². The van der Waals surface area contributed by atoms with Gasteiger partial charge in [0.25, 0.3) is 0 Å². The Morgan fingerprint density at radius 1 is 1.20 bits per heavy atom. The van der Waals surface area contributed by atoms with Crippen molar-refractivity contribution >= 4 is 5.97 Å². The molecule has 1 aromatic heterocycles. The maximum Gasteiger partial charge on any atom is 0.419 e. The highest BCUT2D eigenvalue weighted by Crippen LogP contribution is 2.39. The predicted molar refractivity (Wildman–Crippen MR) is 104 cm³/mol. The molecule has 8 heteroatoms. The van der Waals surface area contributed by atoms with Gasteiger partial charge in [-0.1, -0.05) is 6.07 Å². The first-order valence-corrected chi connectivity index (χ1v) is 10.0. The molecule has 1 saturated carbocycles. The van der Waals surface area contributed by atoms with Crippen molar-refractivity contribution in [3.8, 4) is 22.9 Å². The monoisotopic (exact) mass is 423 g/mol. The third-order valence-electron chi connectivity index (χ3n) is 4.73. The highest BCUT2D eigenvalue weighted by Gasteiger charge is 2.35. The average Bonchev–Trinajstić information content (AvgIpc) is 2.68. The summed E-state index contributed by atoms with van der Waals surface area (Å²) < 4.78 is 56.6. The van der Waals surface area contributed by atoms with Crippen LogP contribution in [0, 0.1) is 0 Å². The Morgan fingerprint density at radius 3 is 2.67 bits per heavy atom. The van der Waals surface area contributed by atoms with Gasteiger partial charge in [-0.05, 0) is 56.9 Å². The van der Waals surface area contributed by atoms with Crippen LogP contribution in [0.2, 0.25) is 0 Å². The van der Waals surface area contributed by atoms with Gasteiger partial charge in [-0.25, -0.2) is 4.98 Å². The van der Waals surface area contributed by atoms with E-state index in [0.29, 0.717) is 17.1 Å². The van der Waals surface area contributed by atoms with E-state index in [1.54, 1.807) is 25.1 Å². The number of nitrogens with zero attached hydrogens (tertiary/aromatic N) is 1. The summed E-state index contributed by atoms with van der Waals surface area (Å²) in [5.41, 5.74) is -0.172. The number of carbonyl (C=O) groups is 1. The first-order valence-electron chi connectivity index (χ1n) is 10.0. The highest BCUT2D eigenvalue weighted by atomic mass is 19.4. The van der Waals surface area contributed by atoms with Crippen molar-refractivity contribution in [2.75, 3.05) is 13.2 Å². The van der Waals surface area contributed by atoms with Gasteiger partial charge in [0.05, 0.1) is 24.5 Å². The SMILES string of the molecule is CCOC(=O)CCCOc1ccc(-c2cccc(OC3CCC3)n2)cc1C(F)(F)F. The number of alkyl halides is 3. The summed E-state index contributed by atoms with van der Waals surface area (Å²) in [5.74, 6) is -0.274. The van der Waals surface area contributed by atoms with Crippen molar-refractivity contribution in [1.82, 2.24) is 4.98 Å². The second-order valence-electron chi connectivity index (χ2n) is 7.00. The molecule has 30 heavy (non-hydrogen) atoms. The predicted octanol–water partition coefficient (Wildman–Crippen LogP) is 5.42. The molecule has 1 aromatic carbocycles. The Hall–Kier alpha value is -2.77. The number of aromatic nitrogens is 1. The minimum absolute atomic E-state index is 0.0236. The quantitative estimate of drug-likeness (QED) is 0.398. The van der Waals surface area contributed by atoms with E-state index in [2.05, 4.69) is 4.98 Å². The normalized spacial score (nSPS) is 14.1. The van der Waals surface area contributed by atoms with Crippen LogP contribution in [0.1, 0.15) is 44.6 Å². The fourth-order valence-electron chi connectivity index (χ4n) is 2.97. The van der Waals surface area contributed by atoms with Crippen LogP contribution in [-0.2, 0) is 15.7 Å². The molecule has 0 spiro atoms. The minimum atomic E-state index is -4.59. The Morgan fingerprint density at radius 2 is 2.00 bits per heavy atom. The van der Waals surface area contributed by atoms with E-state index in [-0.39, 0.29) is 37.9 Å². The minimum Gasteiger partial charge on any atom is -0.493 e. The van der Waals surface area contributed by atoms with Crippen LogP contribution in [0.4, 0.5) is 13.2 Å². The lowest BCUT2D eigenvalue weighted by atomic mass is 9.96. The van der Waals surface area contributed by atoms with Crippen LogP contribution >= 0.6 is 0 Å². The van der Waals surface area contributed by atoms with Crippen molar-refractivity contribution in [2.45, 2.75) is 51.3 Å². The molecule has 1 heterocycles. The summed E-state index contributed by atoms with van der Waals surface area (Å²) in [4.78, 5) is 15.7. The smallest absolute Gasteiger partial charge is 0.419 e. The number of rotatable bonds is 9. The van der Waals surface area contributed by atoms with E-state index in [0.717, 1.165) is 25.3 Å². The van der Waals surface area contributed by atoms with E-state index in [4.69, 9.17) is 14.2 Å². The van der Waals surface area contributed by atoms with Gasteiger partial charge in [0, 0.05) is 18.1 Å². The van der Waals surface area contributed by atoms with Crippen LogP contribution in [0.15, 0.2) is 36.4 Å². The molecule has 3 rings (SSSR count). The third kappa shape index (κ3) is 5.87. The molecule has 5 nitrogen and oxygen atoms in total. The lowest BCUT2D eigenvalue weighted by Crippen LogP contribution is -2.24. The molecule has 0 amide bonds. The molecule has 162 valence electrons. The first kappa shape index (κ1) is 21.9. The number of benzene rings is 1. The Kier molecular flexibility index (Phi) is 7.18. The zero-order valence-electron chi connectivity index (χ0n) is 16.7. The van der Waals surface area contributed by atoms with Crippen LogP contribution in [0.3, 0.4) is 0 Å². The van der Waals surface area contributed by atoms with Crippen molar-refractivity contribution < 1.29 is 32.2 Å². The average molecular weight is 423 g/mol. The summed E-state index contributed by atoms with van der Waals surface area (Å²) in [6.45, 7) is 1.93.